The van der Waals surface area contributed by atoms with Crippen LogP contribution in [0.1, 0.15) is 10.4 Å². The number of carbonyl (C=O) groups excluding carboxylic acids is 1. The van der Waals surface area contributed by atoms with Crippen molar-refractivity contribution >= 4 is 11.6 Å². The van der Waals surface area contributed by atoms with E-state index in [1.165, 1.54) is 23.0 Å². The molecule has 0 aliphatic heterocycles. The molecule has 3 aromatic rings. The van der Waals surface area contributed by atoms with E-state index in [2.05, 4.69) is 15.3 Å². The van der Waals surface area contributed by atoms with Gasteiger partial charge in [0.2, 0.25) is 0 Å². The second-order valence-electron chi connectivity index (χ2n) is 4.98. The molecule has 6 nitrogen and oxygen atoms in total. The van der Waals surface area contributed by atoms with Crippen LogP contribution in [0.25, 0.3) is 11.4 Å². The van der Waals surface area contributed by atoms with E-state index in [9.17, 15) is 9.59 Å². The predicted octanol–water partition coefficient (Wildman–Crippen LogP) is 2.09. The first-order valence-electron chi connectivity index (χ1n) is 6.99. The van der Waals surface area contributed by atoms with E-state index in [1.54, 1.807) is 19.3 Å². The van der Waals surface area contributed by atoms with Crippen molar-refractivity contribution in [3.63, 3.8) is 0 Å². The van der Waals surface area contributed by atoms with Gasteiger partial charge in [0, 0.05) is 30.4 Å². The first-order valence-corrected chi connectivity index (χ1v) is 6.99. The van der Waals surface area contributed by atoms with Gasteiger partial charge < -0.3 is 9.88 Å². The van der Waals surface area contributed by atoms with E-state index in [0.29, 0.717) is 17.1 Å². The van der Waals surface area contributed by atoms with Crippen LogP contribution >= 0.6 is 0 Å². The Kier molecular flexibility index (Phi) is 3.97. The second-order valence-corrected chi connectivity index (χ2v) is 4.98. The molecule has 3 rings (SSSR count). The van der Waals surface area contributed by atoms with Crippen molar-refractivity contribution < 1.29 is 4.79 Å². The van der Waals surface area contributed by atoms with Gasteiger partial charge in [-0.2, -0.15) is 0 Å². The summed E-state index contributed by atoms with van der Waals surface area (Å²) in [7, 11) is 1.63. The van der Waals surface area contributed by atoms with Crippen LogP contribution in [0.3, 0.4) is 0 Å². The van der Waals surface area contributed by atoms with Gasteiger partial charge in [0.15, 0.2) is 5.82 Å². The van der Waals surface area contributed by atoms with Gasteiger partial charge >= 0.3 is 0 Å². The van der Waals surface area contributed by atoms with E-state index >= 15 is 0 Å². The lowest BCUT2D eigenvalue weighted by atomic mass is 10.2. The number of hydrogen-bond acceptors (Lipinski definition) is 4. The van der Waals surface area contributed by atoms with Crippen molar-refractivity contribution in [3.8, 4) is 11.4 Å². The molecule has 0 spiro atoms. The summed E-state index contributed by atoms with van der Waals surface area (Å²) in [5.41, 5.74) is 1.42. The largest absolute Gasteiger partial charge is 0.319 e. The van der Waals surface area contributed by atoms with E-state index in [4.69, 9.17) is 0 Å². The fourth-order valence-electron chi connectivity index (χ4n) is 2.02. The molecule has 0 aliphatic rings. The molecule has 2 aromatic heterocycles. The summed E-state index contributed by atoms with van der Waals surface area (Å²) in [4.78, 5) is 32.1. The maximum Gasteiger partial charge on any atom is 0.256 e. The van der Waals surface area contributed by atoms with E-state index in [0.717, 1.165) is 5.56 Å². The van der Waals surface area contributed by atoms with E-state index in [1.807, 2.05) is 30.3 Å². The Labute approximate surface area is 132 Å². The summed E-state index contributed by atoms with van der Waals surface area (Å²) in [5, 5.41) is 2.67. The van der Waals surface area contributed by atoms with Crippen molar-refractivity contribution in [2.75, 3.05) is 5.32 Å². The molecule has 114 valence electrons. The fourth-order valence-corrected chi connectivity index (χ4v) is 2.02. The molecular formula is C17H14N4O2. The molecule has 0 unspecified atom stereocenters. The SMILES string of the molecule is Cn1ccc(C(=O)Nc2cnc(-c3ccccc3)nc2)cc1=O. The van der Waals surface area contributed by atoms with Gasteiger partial charge in [-0.3, -0.25) is 9.59 Å². The Morgan fingerprint density at radius 3 is 2.43 bits per heavy atom. The van der Waals surface area contributed by atoms with Crippen LogP contribution in [-0.4, -0.2) is 20.4 Å². The number of hydrogen-bond donors (Lipinski definition) is 1. The average Bonchev–Trinajstić information content (AvgIpc) is 2.59. The Hall–Kier alpha value is -3.28. The molecule has 0 saturated carbocycles. The van der Waals surface area contributed by atoms with Crippen molar-refractivity contribution in [2.45, 2.75) is 0 Å². The standard InChI is InChI=1S/C17H14N4O2/c1-21-8-7-13(9-15(21)22)17(23)20-14-10-18-16(19-11-14)12-5-3-2-4-6-12/h2-11H,1H3,(H,20,23). The number of nitrogens with zero attached hydrogens (tertiary/aromatic N) is 3. The Morgan fingerprint density at radius 2 is 1.78 bits per heavy atom. The topological polar surface area (TPSA) is 76.9 Å². The third kappa shape index (κ3) is 3.32. The van der Waals surface area contributed by atoms with Gasteiger partial charge in [0.1, 0.15) is 0 Å². The van der Waals surface area contributed by atoms with Crippen molar-refractivity contribution in [3.05, 3.63) is 77.0 Å². The highest BCUT2D eigenvalue weighted by Crippen LogP contribution is 2.15. The summed E-state index contributed by atoms with van der Waals surface area (Å²) in [6.45, 7) is 0. The lowest BCUT2D eigenvalue weighted by Crippen LogP contribution is -2.20. The molecule has 2 heterocycles. The number of benzene rings is 1. The molecule has 6 heteroatoms. The number of pyridine rings is 1. The number of rotatable bonds is 3. The minimum absolute atomic E-state index is 0.242. The second kappa shape index (κ2) is 6.23. The molecule has 0 fully saturated rings. The first-order chi connectivity index (χ1) is 11.1. The summed E-state index contributed by atoms with van der Waals surface area (Å²) in [6.07, 6.45) is 4.62. The lowest BCUT2D eigenvalue weighted by Gasteiger charge is -2.06. The van der Waals surface area contributed by atoms with Gasteiger partial charge in [0.05, 0.1) is 18.1 Å². The zero-order chi connectivity index (χ0) is 16.2. The highest BCUT2D eigenvalue weighted by atomic mass is 16.2. The Bertz CT molecular complexity index is 886. The molecular weight excluding hydrogens is 292 g/mol. The first kappa shape index (κ1) is 14.6. The zero-order valence-electron chi connectivity index (χ0n) is 12.4. The summed E-state index contributed by atoms with van der Waals surface area (Å²) in [6, 6.07) is 12.4. The van der Waals surface area contributed by atoms with Crippen LogP contribution in [0.5, 0.6) is 0 Å². The highest BCUT2D eigenvalue weighted by molar-refractivity contribution is 6.04. The van der Waals surface area contributed by atoms with Gasteiger partial charge in [0.25, 0.3) is 11.5 Å². The minimum atomic E-state index is -0.376. The molecule has 0 bridgehead atoms. The van der Waals surface area contributed by atoms with Crippen LogP contribution in [0.4, 0.5) is 5.69 Å². The quantitative estimate of drug-likeness (QED) is 0.804. The van der Waals surface area contributed by atoms with E-state index < -0.39 is 0 Å². The van der Waals surface area contributed by atoms with Crippen LogP contribution in [0.2, 0.25) is 0 Å². The monoisotopic (exact) mass is 306 g/mol. The predicted molar refractivity (Wildman–Crippen MR) is 87.1 cm³/mol. The zero-order valence-corrected chi connectivity index (χ0v) is 12.4. The summed E-state index contributed by atoms with van der Waals surface area (Å²) < 4.78 is 1.40. The summed E-state index contributed by atoms with van der Waals surface area (Å²) in [5.74, 6) is 0.205. The van der Waals surface area contributed by atoms with Crippen molar-refractivity contribution in [1.29, 1.82) is 0 Å². The highest BCUT2D eigenvalue weighted by Gasteiger charge is 2.08. The van der Waals surface area contributed by atoms with Gasteiger partial charge in [-0.15, -0.1) is 0 Å². The average molecular weight is 306 g/mol. The maximum absolute atomic E-state index is 12.1. The van der Waals surface area contributed by atoms with Gasteiger partial charge in [-0.05, 0) is 6.07 Å². The third-order valence-electron chi connectivity index (χ3n) is 3.31. The minimum Gasteiger partial charge on any atom is -0.319 e. The summed E-state index contributed by atoms with van der Waals surface area (Å²) >= 11 is 0. The molecule has 0 atom stereocenters. The molecule has 0 saturated heterocycles. The maximum atomic E-state index is 12.1. The van der Waals surface area contributed by atoms with Gasteiger partial charge in [-0.25, -0.2) is 9.97 Å². The van der Waals surface area contributed by atoms with E-state index in [-0.39, 0.29) is 11.5 Å². The van der Waals surface area contributed by atoms with Crippen molar-refractivity contribution in [1.82, 2.24) is 14.5 Å². The molecule has 0 radical (unpaired) electrons. The third-order valence-corrected chi connectivity index (χ3v) is 3.31. The smallest absolute Gasteiger partial charge is 0.256 e. The Balaban J connectivity index is 1.76. The molecule has 1 amide bonds. The molecule has 1 N–H and O–H groups in total. The normalized spacial score (nSPS) is 10.3. The molecule has 23 heavy (non-hydrogen) atoms. The fraction of sp³-hybridized carbons (Fsp3) is 0.0588. The number of carbonyl (C=O) groups is 1. The molecule has 0 aliphatic carbocycles. The number of anilines is 1. The van der Waals surface area contributed by atoms with Crippen molar-refractivity contribution in [2.24, 2.45) is 7.05 Å². The van der Waals surface area contributed by atoms with Crippen LogP contribution in [0.15, 0.2) is 65.8 Å². The van der Waals surface area contributed by atoms with Crippen LogP contribution < -0.4 is 10.9 Å². The lowest BCUT2D eigenvalue weighted by molar-refractivity contribution is 0.102. The number of amides is 1. The van der Waals surface area contributed by atoms with Gasteiger partial charge in [-0.1, -0.05) is 30.3 Å². The number of nitrogens with one attached hydrogen (secondary N) is 1. The number of aryl methyl sites for hydroxylation is 1. The van der Waals surface area contributed by atoms with Crippen LogP contribution in [0, 0.1) is 0 Å². The molecule has 1 aromatic carbocycles. The number of aromatic nitrogens is 3. The Morgan fingerprint density at radius 1 is 1.09 bits per heavy atom. The van der Waals surface area contributed by atoms with Crippen LogP contribution in [-0.2, 0) is 7.05 Å².